The minimum atomic E-state index is -0.391. The Bertz CT molecular complexity index is 505. The van der Waals surface area contributed by atoms with E-state index < -0.39 is 5.41 Å². The van der Waals surface area contributed by atoms with Gasteiger partial charge in [0.25, 0.3) is 0 Å². The predicted molar refractivity (Wildman–Crippen MR) is 82.7 cm³/mol. The number of carbonyl (C=O) groups excluding carboxylic acids is 1. The highest BCUT2D eigenvalue weighted by atomic mass is 16.6. The van der Waals surface area contributed by atoms with Gasteiger partial charge < -0.3 is 14.4 Å². The van der Waals surface area contributed by atoms with Crippen molar-refractivity contribution in [2.75, 3.05) is 13.2 Å². The van der Waals surface area contributed by atoms with E-state index in [0.717, 1.165) is 11.5 Å². The largest absolute Gasteiger partial charge is 0.486 e. The van der Waals surface area contributed by atoms with E-state index in [1.165, 1.54) is 0 Å². The second-order valence-corrected chi connectivity index (χ2v) is 6.80. The summed E-state index contributed by atoms with van der Waals surface area (Å²) in [5.41, 5.74) is -0.391. The second-order valence-electron chi connectivity index (χ2n) is 6.80. The van der Waals surface area contributed by atoms with E-state index in [-0.39, 0.29) is 18.1 Å². The molecule has 1 heterocycles. The van der Waals surface area contributed by atoms with Gasteiger partial charge in [0.1, 0.15) is 6.61 Å². The normalized spacial score (nSPS) is 17.7. The maximum absolute atomic E-state index is 12.6. The maximum atomic E-state index is 12.6. The fourth-order valence-electron chi connectivity index (χ4n) is 2.33. The first-order chi connectivity index (χ1) is 9.79. The average Bonchev–Trinajstić information content (AvgIpc) is 2.42. The van der Waals surface area contributed by atoms with E-state index in [4.69, 9.17) is 9.47 Å². The summed E-state index contributed by atoms with van der Waals surface area (Å²) in [4.78, 5) is 14.4. The third-order valence-corrected chi connectivity index (χ3v) is 3.49. The van der Waals surface area contributed by atoms with Gasteiger partial charge in [-0.15, -0.1) is 0 Å². The molecule has 1 amide bonds. The topological polar surface area (TPSA) is 38.8 Å². The summed E-state index contributed by atoms with van der Waals surface area (Å²) in [5.74, 6) is 1.66. The van der Waals surface area contributed by atoms with E-state index in [1.54, 1.807) is 0 Å². The summed E-state index contributed by atoms with van der Waals surface area (Å²) in [6, 6.07) is 7.77. The van der Waals surface area contributed by atoms with Crippen LogP contribution in [0.25, 0.3) is 0 Å². The number of ether oxygens (including phenoxy) is 2. The van der Waals surface area contributed by atoms with Gasteiger partial charge in [0.2, 0.25) is 5.91 Å². The molecule has 1 aromatic rings. The Morgan fingerprint density at radius 1 is 1.29 bits per heavy atom. The number of para-hydroxylation sites is 2. The lowest BCUT2D eigenvalue weighted by atomic mass is 9.94. The van der Waals surface area contributed by atoms with Crippen molar-refractivity contribution < 1.29 is 14.3 Å². The third-order valence-electron chi connectivity index (χ3n) is 3.49. The van der Waals surface area contributed by atoms with Gasteiger partial charge >= 0.3 is 0 Å². The predicted octanol–water partition coefficient (Wildman–Crippen LogP) is 3.11. The Morgan fingerprint density at radius 3 is 2.48 bits per heavy atom. The maximum Gasteiger partial charge on any atom is 0.228 e. The van der Waals surface area contributed by atoms with Crippen LogP contribution in [0.5, 0.6) is 11.5 Å². The summed E-state index contributed by atoms with van der Waals surface area (Å²) < 4.78 is 11.7. The number of hydrogen-bond donors (Lipinski definition) is 0. The molecule has 1 aliphatic heterocycles. The Labute approximate surface area is 127 Å². The smallest absolute Gasteiger partial charge is 0.228 e. The lowest BCUT2D eigenvalue weighted by Gasteiger charge is -2.36. The third kappa shape index (κ3) is 3.69. The van der Waals surface area contributed by atoms with Crippen molar-refractivity contribution in [3.8, 4) is 11.5 Å². The Kier molecular flexibility index (Phi) is 4.45. The van der Waals surface area contributed by atoms with Gasteiger partial charge in [-0.1, -0.05) is 32.9 Å². The zero-order valence-corrected chi connectivity index (χ0v) is 13.6. The molecule has 0 aromatic heterocycles. The number of fused-ring (bicyclic) bond motifs is 1. The lowest BCUT2D eigenvalue weighted by molar-refractivity contribution is -0.143. The summed E-state index contributed by atoms with van der Waals surface area (Å²) in [6.07, 6.45) is -0.131. The molecule has 0 saturated heterocycles. The van der Waals surface area contributed by atoms with Crippen LogP contribution in [0, 0.1) is 5.41 Å². The molecule has 1 atom stereocenters. The standard InChI is InChI=1S/C17H25NO3/c1-12(2)18(16(19)17(3,4)5)10-13-11-20-14-8-6-7-9-15(14)21-13/h6-9,12-13H,10-11H2,1-5H3. The molecular formula is C17H25NO3. The zero-order valence-electron chi connectivity index (χ0n) is 13.6. The molecule has 0 saturated carbocycles. The number of benzene rings is 1. The summed E-state index contributed by atoms with van der Waals surface area (Å²) in [5, 5.41) is 0. The highest BCUT2D eigenvalue weighted by Gasteiger charge is 2.32. The van der Waals surface area contributed by atoms with Crippen LogP contribution in [0.2, 0.25) is 0 Å². The van der Waals surface area contributed by atoms with Crippen LogP contribution in [0.4, 0.5) is 0 Å². The second kappa shape index (κ2) is 5.96. The highest BCUT2D eigenvalue weighted by molar-refractivity contribution is 5.81. The van der Waals surface area contributed by atoms with Gasteiger partial charge in [-0.25, -0.2) is 0 Å². The quantitative estimate of drug-likeness (QED) is 0.859. The molecule has 0 aliphatic carbocycles. The monoisotopic (exact) mass is 291 g/mol. The van der Waals surface area contributed by atoms with Crippen molar-refractivity contribution in [1.29, 1.82) is 0 Å². The van der Waals surface area contributed by atoms with Crippen molar-refractivity contribution in [1.82, 2.24) is 4.90 Å². The summed E-state index contributed by atoms with van der Waals surface area (Å²) in [7, 11) is 0. The van der Waals surface area contributed by atoms with Crippen molar-refractivity contribution in [2.24, 2.45) is 5.41 Å². The van der Waals surface area contributed by atoms with Crippen LogP contribution in [0.3, 0.4) is 0 Å². The van der Waals surface area contributed by atoms with Crippen LogP contribution in [0.15, 0.2) is 24.3 Å². The average molecular weight is 291 g/mol. The van der Waals surface area contributed by atoms with E-state index in [2.05, 4.69) is 0 Å². The molecule has 1 aliphatic rings. The molecule has 4 nitrogen and oxygen atoms in total. The number of rotatable bonds is 3. The molecule has 0 radical (unpaired) electrons. The van der Waals surface area contributed by atoms with Gasteiger partial charge in [-0.2, -0.15) is 0 Å². The van der Waals surface area contributed by atoms with Crippen molar-refractivity contribution in [2.45, 2.75) is 46.8 Å². The molecule has 0 fully saturated rings. The van der Waals surface area contributed by atoms with E-state index in [1.807, 2.05) is 63.8 Å². The van der Waals surface area contributed by atoms with E-state index in [0.29, 0.717) is 13.2 Å². The van der Waals surface area contributed by atoms with E-state index >= 15 is 0 Å². The van der Waals surface area contributed by atoms with Crippen LogP contribution in [0.1, 0.15) is 34.6 Å². The number of nitrogens with zero attached hydrogens (tertiary/aromatic N) is 1. The first-order valence-electron chi connectivity index (χ1n) is 7.48. The minimum absolute atomic E-state index is 0.131. The van der Waals surface area contributed by atoms with Gasteiger partial charge in [0.05, 0.1) is 6.54 Å². The zero-order chi connectivity index (χ0) is 15.6. The fraction of sp³-hybridized carbons (Fsp3) is 0.588. The lowest BCUT2D eigenvalue weighted by Crippen LogP contribution is -2.50. The molecule has 1 unspecified atom stereocenters. The Hall–Kier alpha value is -1.71. The highest BCUT2D eigenvalue weighted by Crippen LogP contribution is 2.31. The van der Waals surface area contributed by atoms with Gasteiger partial charge in [-0.05, 0) is 26.0 Å². The number of hydrogen-bond acceptors (Lipinski definition) is 3. The van der Waals surface area contributed by atoms with Crippen molar-refractivity contribution >= 4 is 5.91 Å². The van der Waals surface area contributed by atoms with E-state index in [9.17, 15) is 4.79 Å². The first-order valence-corrected chi connectivity index (χ1v) is 7.48. The Balaban J connectivity index is 2.08. The SMILES string of the molecule is CC(C)N(CC1COc2ccccc2O1)C(=O)C(C)(C)C. The molecule has 116 valence electrons. The van der Waals surface area contributed by atoms with Crippen LogP contribution >= 0.6 is 0 Å². The Morgan fingerprint density at radius 2 is 1.90 bits per heavy atom. The van der Waals surface area contributed by atoms with Gasteiger partial charge in [0.15, 0.2) is 17.6 Å². The molecule has 2 rings (SSSR count). The molecule has 21 heavy (non-hydrogen) atoms. The molecule has 4 heteroatoms. The van der Waals surface area contributed by atoms with Crippen LogP contribution < -0.4 is 9.47 Å². The molecule has 0 N–H and O–H groups in total. The van der Waals surface area contributed by atoms with Gasteiger partial charge in [-0.3, -0.25) is 4.79 Å². The van der Waals surface area contributed by atoms with Crippen molar-refractivity contribution in [3.63, 3.8) is 0 Å². The minimum Gasteiger partial charge on any atom is -0.486 e. The molecule has 0 spiro atoms. The van der Waals surface area contributed by atoms with Crippen LogP contribution in [-0.2, 0) is 4.79 Å². The fourth-order valence-corrected chi connectivity index (χ4v) is 2.33. The van der Waals surface area contributed by atoms with Crippen molar-refractivity contribution in [3.05, 3.63) is 24.3 Å². The summed E-state index contributed by atoms with van der Waals surface area (Å²) in [6.45, 7) is 10.9. The van der Waals surface area contributed by atoms with Gasteiger partial charge in [0, 0.05) is 11.5 Å². The molecule has 1 aromatic carbocycles. The molecule has 0 bridgehead atoms. The number of carbonyl (C=O) groups is 1. The molecular weight excluding hydrogens is 266 g/mol. The summed E-state index contributed by atoms with van der Waals surface area (Å²) >= 11 is 0. The number of amides is 1. The first kappa shape index (κ1) is 15.7. The van der Waals surface area contributed by atoms with Crippen LogP contribution in [-0.4, -0.2) is 36.1 Å².